The topological polar surface area (TPSA) is 150 Å². The Balaban J connectivity index is 2.01. The molecule has 10 heteroatoms. The summed E-state index contributed by atoms with van der Waals surface area (Å²) in [5.41, 5.74) is -0.673. The van der Waals surface area contributed by atoms with E-state index in [0.717, 1.165) is 6.20 Å². The third kappa shape index (κ3) is 2.76. The number of amides is 2. The summed E-state index contributed by atoms with van der Waals surface area (Å²) in [5, 5.41) is 11.9. The smallest absolute Gasteiger partial charge is 0.325 e. The number of aryl methyl sites for hydroxylation is 1. The summed E-state index contributed by atoms with van der Waals surface area (Å²) in [5.74, 6) is -1.37. The molecule has 10 nitrogen and oxygen atoms in total. The molecule has 0 bridgehead atoms. The average Bonchev–Trinajstić information content (AvgIpc) is 3.17. The molecule has 0 fully saturated rings. The molecule has 0 aliphatic carbocycles. The number of aliphatic hydroxyl groups is 1. The first-order valence-electron chi connectivity index (χ1n) is 8.48. The molecule has 4 rings (SSSR count). The van der Waals surface area contributed by atoms with Crippen LogP contribution < -0.4 is 16.6 Å². The maximum atomic E-state index is 12.6. The zero-order valence-corrected chi connectivity index (χ0v) is 14.5. The number of nitrogens with zero attached hydrogens (tertiary/aromatic N) is 2. The largest absolute Gasteiger partial charge is 0.396 e. The Kier molecular flexibility index (Phi) is 4.24. The van der Waals surface area contributed by atoms with Gasteiger partial charge in [0.15, 0.2) is 0 Å². The third-order valence-electron chi connectivity index (χ3n) is 4.48. The summed E-state index contributed by atoms with van der Waals surface area (Å²) < 4.78 is 1.78. The highest BCUT2D eigenvalue weighted by atomic mass is 16.3. The van der Waals surface area contributed by atoms with Crippen LogP contribution in [-0.2, 0) is 16.1 Å². The maximum absolute atomic E-state index is 12.6. The van der Waals surface area contributed by atoms with E-state index in [9.17, 15) is 19.2 Å². The zero-order valence-electron chi connectivity index (χ0n) is 14.5. The lowest BCUT2D eigenvalue weighted by Gasteiger charge is -2.02. The first-order chi connectivity index (χ1) is 13.5. The first kappa shape index (κ1) is 17.6. The first-order valence-corrected chi connectivity index (χ1v) is 8.48. The summed E-state index contributed by atoms with van der Waals surface area (Å²) in [6, 6.07) is 3.45. The normalized spacial score (nSPS) is 14.2. The monoisotopic (exact) mass is 381 g/mol. The molecule has 28 heavy (non-hydrogen) atoms. The van der Waals surface area contributed by atoms with Gasteiger partial charge in [0.1, 0.15) is 5.65 Å². The van der Waals surface area contributed by atoms with Crippen molar-refractivity contribution in [3.8, 4) is 0 Å². The Morgan fingerprint density at radius 3 is 2.54 bits per heavy atom. The fraction of sp³-hybridized carbons (Fsp3) is 0.167. The van der Waals surface area contributed by atoms with E-state index < -0.39 is 23.1 Å². The van der Waals surface area contributed by atoms with Gasteiger partial charge in [-0.25, -0.2) is 9.78 Å². The molecule has 3 aromatic heterocycles. The Morgan fingerprint density at radius 2 is 1.82 bits per heavy atom. The van der Waals surface area contributed by atoms with Gasteiger partial charge >= 0.3 is 5.69 Å². The minimum atomic E-state index is -0.775. The summed E-state index contributed by atoms with van der Waals surface area (Å²) in [6.07, 6.45) is 4.86. The Bertz CT molecular complexity index is 1260. The van der Waals surface area contributed by atoms with Crippen LogP contribution >= 0.6 is 0 Å². The highest BCUT2D eigenvalue weighted by Gasteiger charge is 2.35. The van der Waals surface area contributed by atoms with Crippen molar-refractivity contribution < 1.29 is 14.7 Å². The Morgan fingerprint density at radius 1 is 1.07 bits per heavy atom. The minimum absolute atomic E-state index is 0.0124. The number of H-pyrrole nitrogens is 2. The van der Waals surface area contributed by atoms with Gasteiger partial charge in [-0.2, -0.15) is 0 Å². The number of imide groups is 1. The van der Waals surface area contributed by atoms with Gasteiger partial charge in [-0.1, -0.05) is 0 Å². The number of pyridine rings is 1. The van der Waals surface area contributed by atoms with Crippen molar-refractivity contribution >= 4 is 34.0 Å². The summed E-state index contributed by atoms with van der Waals surface area (Å²) in [4.78, 5) is 57.2. The van der Waals surface area contributed by atoms with E-state index >= 15 is 0 Å². The Labute approximate surface area is 156 Å². The lowest BCUT2D eigenvalue weighted by molar-refractivity contribution is -0.122. The van der Waals surface area contributed by atoms with Crippen LogP contribution in [0.15, 0.2) is 40.3 Å². The van der Waals surface area contributed by atoms with Gasteiger partial charge in [0, 0.05) is 42.7 Å². The lowest BCUT2D eigenvalue weighted by Crippen LogP contribution is -2.27. The highest BCUT2D eigenvalue weighted by molar-refractivity contribution is 6.49. The van der Waals surface area contributed by atoms with Gasteiger partial charge in [0.2, 0.25) is 0 Å². The molecule has 0 radical (unpaired) electrons. The average molecular weight is 381 g/mol. The van der Waals surface area contributed by atoms with Crippen LogP contribution in [0.5, 0.6) is 0 Å². The van der Waals surface area contributed by atoms with Gasteiger partial charge < -0.3 is 14.7 Å². The van der Waals surface area contributed by atoms with Crippen LogP contribution in [0, 0.1) is 0 Å². The van der Waals surface area contributed by atoms with E-state index in [1.807, 2.05) is 0 Å². The molecule has 0 atom stereocenters. The summed E-state index contributed by atoms with van der Waals surface area (Å²) >= 11 is 0. The minimum Gasteiger partial charge on any atom is -0.396 e. The van der Waals surface area contributed by atoms with Gasteiger partial charge in [-0.3, -0.25) is 24.7 Å². The van der Waals surface area contributed by atoms with Crippen LogP contribution in [0.3, 0.4) is 0 Å². The molecule has 4 heterocycles. The lowest BCUT2D eigenvalue weighted by atomic mass is 9.98. The van der Waals surface area contributed by atoms with Crippen LogP contribution in [0.25, 0.3) is 22.2 Å². The molecule has 0 aromatic carbocycles. The molecule has 1 aliphatic rings. The number of carbonyl (C=O) groups is 2. The standard InChI is InChI=1S/C18H15N5O5/c24-6-2-5-23-8-11(9-3-1-4-19-14(9)23)13-12(16(26)21-17(13)27)10-7-20-18(28)22-15(10)25/h1,3-4,7-8,24H,2,5-6H2,(H,21,26,27)(H2,20,22,25,28). The molecular weight excluding hydrogens is 366 g/mol. The van der Waals surface area contributed by atoms with E-state index in [1.165, 1.54) is 0 Å². The van der Waals surface area contributed by atoms with Gasteiger partial charge in [-0.15, -0.1) is 0 Å². The van der Waals surface area contributed by atoms with Gasteiger partial charge in [0.25, 0.3) is 17.4 Å². The van der Waals surface area contributed by atoms with Crippen LogP contribution in [0.1, 0.15) is 17.5 Å². The quantitative estimate of drug-likeness (QED) is 0.432. The number of nitrogens with one attached hydrogen (secondary N) is 3. The number of aromatic nitrogens is 4. The molecule has 4 N–H and O–H groups in total. The fourth-order valence-corrected chi connectivity index (χ4v) is 3.30. The van der Waals surface area contributed by atoms with Crippen molar-refractivity contribution in [3.05, 3.63) is 62.7 Å². The van der Waals surface area contributed by atoms with Gasteiger partial charge in [-0.05, 0) is 18.6 Å². The van der Waals surface area contributed by atoms with Crippen LogP contribution in [0.4, 0.5) is 0 Å². The second-order valence-corrected chi connectivity index (χ2v) is 6.21. The maximum Gasteiger partial charge on any atom is 0.325 e. The molecule has 0 saturated carbocycles. The molecule has 0 unspecified atom stereocenters. The zero-order chi connectivity index (χ0) is 19.8. The molecule has 0 spiro atoms. The number of rotatable bonds is 5. The highest BCUT2D eigenvalue weighted by Crippen LogP contribution is 2.34. The predicted molar refractivity (Wildman–Crippen MR) is 99.1 cm³/mol. The molecule has 2 amide bonds. The van der Waals surface area contributed by atoms with Crippen molar-refractivity contribution in [2.24, 2.45) is 0 Å². The molecule has 1 aliphatic heterocycles. The van der Waals surface area contributed by atoms with E-state index in [2.05, 4.69) is 20.3 Å². The summed E-state index contributed by atoms with van der Waals surface area (Å²) in [6.45, 7) is 0.447. The number of hydrogen-bond acceptors (Lipinski definition) is 6. The van der Waals surface area contributed by atoms with Crippen LogP contribution in [0.2, 0.25) is 0 Å². The Hall–Kier alpha value is -3.79. The van der Waals surface area contributed by atoms with Crippen molar-refractivity contribution in [3.63, 3.8) is 0 Å². The number of fused-ring (bicyclic) bond motifs is 1. The number of aromatic amines is 2. The van der Waals surface area contributed by atoms with E-state index in [0.29, 0.717) is 29.6 Å². The van der Waals surface area contributed by atoms with E-state index in [4.69, 9.17) is 5.11 Å². The molecule has 142 valence electrons. The van der Waals surface area contributed by atoms with Crippen molar-refractivity contribution in [1.82, 2.24) is 24.8 Å². The van der Waals surface area contributed by atoms with Crippen LogP contribution in [-0.4, -0.2) is 43.0 Å². The second kappa shape index (κ2) is 6.74. The molecule has 3 aromatic rings. The summed E-state index contributed by atoms with van der Waals surface area (Å²) in [7, 11) is 0. The molecule has 0 saturated heterocycles. The predicted octanol–water partition coefficient (Wildman–Crippen LogP) is -0.638. The SMILES string of the molecule is O=C1NC(=O)C(c2cn(CCCO)c3ncccc23)=C1c1c[nH]c(=O)[nH]c1=O. The number of aliphatic hydroxyl groups excluding tert-OH is 1. The van der Waals surface area contributed by atoms with E-state index in [-0.39, 0.29) is 23.3 Å². The van der Waals surface area contributed by atoms with E-state index in [1.54, 1.807) is 29.1 Å². The number of carbonyl (C=O) groups excluding carboxylic acids is 2. The molecular formula is C18H15N5O5. The number of hydrogen-bond donors (Lipinski definition) is 4. The van der Waals surface area contributed by atoms with Gasteiger partial charge in [0.05, 0.1) is 16.7 Å². The fourth-order valence-electron chi connectivity index (χ4n) is 3.30. The van der Waals surface area contributed by atoms with Crippen molar-refractivity contribution in [2.45, 2.75) is 13.0 Å². The van der Waals surface area contributed by atoms with Crippen molar-refractivity contribution in [1.29, 1.82) is 0 Å². The second-order valence-electron chi connectivity index (χ2n) is 6.21. The van der Waals surface area contributed by atoms with Crippen molar-refractivity contribution in [2.75, 3.05) is 6.61 Å². The third-order valence-corrected chi connectivity index (χ3v) is 4.48.